The second-order valence-corrected chi connectivity index (χ2v) is 7.12. The average Bonchev–Trinajstić information content (AvgIpc) is 2.82. The Hall–Kier alpha value is -4.75. The molecule has 0 atom stereocenters. The third-order valence-corrected chi connectivity index (χ3v) is 4.80. The topological polar surface area (TPSA) is 108 Å². The van der Waals surface area contributed by atoms with Gasteiger partial charge in [0, 0.05) is 24.3 Å². The maximum Gasteiger partial charge on any atom is 0.231 e. The van der Waals surface area contributed by atoms with Crippen LogP contribution in [0.2, 0.25) is 0 Å². The lowest BCUT2D eigenvalue weighted by Gasteiger charge is -2.15. The van der Waals surface area contributed by atoms with Crippen molar-refractivity contribution < 1.29 is 4.74 Å². The van der Waals surface area contributed by atoms with E-state index < -0.39 is 0 Å². The van der Waals surface area contributed by atoms with Crippen LogP contribution in [0.3, 0.4) is 0 Å². The number of hydrogen-bond acceptors (Lipinski definition) is 7. The molecule has 0 aliphatic carbocycles. The van der Waals surface area contributed by atoms with Gasteiger partial charge in [0.1, 0.15) is 5.75 Å². The van der Waals surface area contributed by atoms with Crippen molar-refractivity contribution in [2.75, 3.05) is 5.32 Å². The third-order valence-electron chi connectivity index (χ3n) is 4.80. The van der Waals surface area contributed by atoms with Crippen LogP contribution in [0.25, 0.3) is 11.1 Å². The minimum atomic E-state index is 0.353. The van der Waals surface area contributed by atoms with E-state index >= 15 is 0 Å². The Morgan fingerprint density at radius 3 is 2.16 bits per heavy atom. The molecule has 7 heteroatoms. The predicted octanol–water partition coefficient (Wildman–Crippen LogP) is 5.43. The molecule has 2 aromatic heterocycles. The van der Waals surface area contributed by atoms with Crippen LogP contribution >= 0.6 is 0 Å². The summed E-state index contributed by atoms with van der Waals surface area (Å²) >= 11 is 0. The van der Waals surface area contributed by atoms with Gasteiger partial charge >= 0.3 is 0 Å². The smallest absolute Gasteiger partial charge is 0.231 e. The predicted molar refractivity (Wildman–Crippen MR) is 120 cm³/mol. The molecule has 2 heterocycles. The molecular weight excluding hydrogens is 400 g/mol. The molecule has 0 radical (unpaired) electrons. The van der Waals surface area contributed by atoms with Crippen molar-refractivity contribution in [3.63, 3.8) is 0 Å². The molecule has 0 saturated carbocycles. The van der Waals surface area contributed by atoms with Gasteiger partial charge in [-0.3, -0.25) is 4.98 Å². The van der Waals surface area contributed by atoms with E-state index in [0.29, 0.717) is 34.3 Å². The number of pyridine rings is 1. The fourth-order valence-corrected chi connectivity index (χ4v) is 3.26. The number of anilines is 2. The van der Waals surface area contributed by atoms with E-state index in [4.69, 9.17) is 10.00 Å². The van der Waals surface area contributed by atoms with Crippen molar-refractivity contribution in [2.45, 2.75) is 13.8 Å². The van der Waals surface area contributed by atoms with Crippen molar-refractivity contribution in [1.82, 2.24) is 15.0 Å². The third kappa shape index (κ3) is 4.38. The van der Waals surface area contributed by atoms with Gasteiger partial charge in [-0.2, -0.15) is 15.5 Å². The molecule has 0 aliphatic rings. The van der Waals surface area contributed by atoms with E-state index in [1.165, 1.54) is 0 Å². The zero-order valence-electron chi connectivity index (χ0n) is 17.5. The highest BCUT2D eigenvalue weighted by atomic mass is 16.5. The Labute approximate surface area is 185 Å². The molecule has 0 saturated heterocycles. The molecule has 0 fully saturated rings. The number of nitriles is 2. The summed E-state index contributed by atoms with van der Waals surface area (Å²) in [5.74, 6) is 1.37. The first-order valence-corrected chi connectivity index (χ1v) is 9.81. The number of benzene rings is 2. The number of rotatable bonds is 5. The second kappa shape index (κ2) is 8.95. The van der Waals surface area contributed by atoms with E-state index in [2.05, 4.69) is 32.4 Å². The van der Waals surface area contributed by atoms with Gasteiger partial charge < -0.3 is 10.1 Å². The SMILES string of the molecule is Cc1cc(C#N)cc(C)c1Oc1nc(Nc2ccc(C#N)cc2)ncc1-c1ccncc1. The molecule has 2 aromatic carbocycles. The number of nitrogens with one attached hydrogen (secondary N) is 1. The summed E-state index contributed by atoms with van der Waals surface area (Å²) < 4.78 is 6.28. The largest absolute Gasteiger partial charge is 0.438 e. The standard InChI is InChI=1S/C25H18N6O/c1-16-11-19(14-27)12-17(2)23(16)32-24-22(20-7-9-28-10-8-20)15-29-25(31-24)30-21-5-3-18(13-26)4-6-21/h3-12,15H,1-2H3,(H,29,30,31). The summed E-state index contributed by atoms with van der Waals surface area (Å²) in [6, 6.07) is 18.5. The van der Waals surface area contributed by atoms with Crippen LogP contribution in [0, 0.1) is 36.5 Å². The highest BCUT2D eigenvalue weighted by molar-refractivity contribution is 5.69. The molecule has 32 heavy (non-hydrogen) atoms. The monoisotopic (exact) mass is 418 g/mol. The summed E-state index contributed by atoms with van der Waals surface area (Å²) in [6.45, 7) is 3.79. The zero-order chi connectivity index (χ0) is 22.5. The van der Waals surface area contributed by atoms with Crippen molar-refractivity contribution in [3.8, 4) is 34.9 Å². The number of aromatic nitrogens is 3. The minimum absolute atomic E-state index is 0.353. The summed E-state index contributed by atoms with van der Waals surface area (Å²) in [5, 5.41) is 21.3. The fourth-order valence-electron chi connectivity index (χ4n) is 3.26. The molecule has 0 bridgehead atoms. The summed E-state index contributed by atoms with van der Waals surface area (Å²) in [6.07, 6.45) is 5.08. The van der Waals surface area contributed by atoms with E-state index in [0.717, 1.165) is 22.4 Å². The lowest BCUT2D eigenvalue weighted by atomic mass is 10.1. The highest BCUT2D eigenvalue weighted by Gasteiger charge is 2.15. The van der Waals surface area contributed by atoms with Crippen LogP contribution in [0.5, 0.6) is 11.6 Å². The summed E-state index contributed by atoms with van der Waals surface area (Å²) in [4.78, 5) is 13.1. The van der Waals surface area contributed by atoms with Crippen LogP contribution < -0.4 is 10.1 Å². The molecule has 0 unspecified atom stereocenters. The van der Waals surface area contributed by atoms with Gasteiger partial charge in [-0.25, -0.2) is 4.98 Å². The van der Waals surface area contributed by atoms with Crippen LogP contribution in [-0.4, -0.2) is 15.0 Å². The number of nitrogens with zero attached hydrogens (tertiary/aromatic N) is 5. The quantitative estimate of drug-likeness (QED) is 0.460. The number of ether oxygens (including phenoxy) is 1. The first-order chi connectivity index (χ1) is 15.6. The minimum Gasteiger partial charge on any atom is -0.438 e. The first kappa shape index (κ1) is 20.5. The van der Waals surface area contributed by atoms with E-state index in [1.54, 1.807) is 55.0 Å². The maximum atomic E-state index is 9.23. The van der Waals surface area contributed by atoms with Crippen LogP contribution in [0.1, 0.15) is 22.3 Å². The molecular formula is C25H18N6O. The van der Waals surface area contributed by atoms with Gasteiger partial charge in [0.25, 0.3) is 0 Å². The molecule has 0 amide bonds. The van der Waals surface area contributed by atoms with Gasteiger partial charge in [-0.05, 0) is 79.1 Å². The van der Waals surface area contributed by atoms with Crippen molar-refractivity contribution >= 4 is 11.6 Å². The van der Waals surface area contributed by atoms with Crippen LogP contribution in [0.15, 0.2) is 67.1 Å². The van der Waals surface area contributed by atoms with E-state index in [-0.39, 0.29) is 0 Å². The Bertz CT molecular complexity index is 1330. The Morgan fingerprint density at radius 2 is 1.53 bits per heavy atom. The van der Waals surface area contributed by atoms with Crippen LogP contribution in [0.4, 0.5) is 11.6 Å². The summed E-state index contributed by atoms with van der Waals surface area (Å²) in [5.41, 5.74) is 5.14. The first-order valence-electron chi connectivity index (χ1n) is 9.81. The Kier molecular flexibility index (Phi) is 5.74. The second-order valence-electron chi connectivity index (χ2n) is 7.12. The lowest BCUT2D eigenvalue weighted by Crippen LogP contribution is -2.02. The molecule has 4 rings (SSSR count). The molecule has 0 aliphatic heterocycles. The van der Waals surface area contributed by atoms with Gasteiger partial charge in [-0.1, -0.05) is 0 Å². The lowest BCUT2D eigenvalue weighted by molar-refractivity contribution is 0.457. The fraction of sp³-hybridized carbons (Fsp3) is 0.0800. The summed E-state index contributed by atoms with van der Waals surface area (Å²) in [7, 11) is 0. The average molecular weight is 418 g/mol. The van der Waals surface area contributed by atoms with Gasteiger partial charge in [-0.15, -0.1) is 0 Å². The van der Waals surface area contributed by atoms with E-state index in [1.807, 2.05) is 26.0 Å². The number of aryl methyl sites for hydroxylation is 2. The zero-order valence-corrected chi connectivity index (χ0v) is 17.5. The Morgan fingerprint density at radius 1 is 0.875 bits per heavy atom. The van der Waals surface area contributed by atoms with Gasteiger partial charge in [0.2, 0.25) is 11.8 Å². The van der Waals surface area contributed by atoms with Crippen molar-refractivity contribution in [3.05, 3.63) is 89.4 Å². The highest BCUT2D eigenvalue weighted by Crippen LogP contribution is 2.35. The molecule has 7 nitrogen and oxygen atoms in total. The van der Waals surface area contributed by atoms with Gasteiger partial charge in [0.15, 0.2) is 0 Å². The molecule has 4 aromatic rings. The number of hydrogen-bond donors (Lipinski definition) is 1. The maximum absolute atomic E-state index is 9.23. The van der Waals surface area contributed by atoms with Crippen molar-refractivity contribution in [2.24, 2.45) is 0 Å². The van der Waals surface area contributed by atoms with E-state index in [9.17, 15) is 5.26 Å². The van der Waals surface area contributed by atoms with Crippen molar-refractivity contribution in [1.29, 1.82) is 10.5 Å². The van der Waals surface area contributed by atoms with Crippen LogP contribution in [-0.2, 0) is 0 Å². The van der Waals surface area contributed by atoms with Gasteiger partial charge in [0.05, 0.1) is 28.8 Å². The normalized spacial score (nSPS) is 10.1. The Balaban J connectivity index is 1.75. The molecule has 154 valence electrons. The molecule has 0 spiro atoms. The molecule has 1 N–H and O–H groups in total.